The van der Waals surface area contributed by atoms with E-state index in [2.05, 4.69) is 24.5 Å². The molecule has 30 heavy (non-hydrogen) atoms. The number of carbonyl (C=O) groups excluding carboxylic acids is 1. The van der Waals surface area contributed by atoms with Crippen molar-refractivity contribution in [1.82, 2.24) is 5.32 Å². The highest BCUT2D eigenvalue weighted by molar-refractivity contribution is 6.00. The van der Waals surface area contributed by atoms with Gasteiger partial charge >= 0.3 is 0 Å². The molecular weight excluding hydrogens is 376 g/mol. The van der Waals surface area contributed by atoms with Crippen LogP contribution in [0.5, 0.6) is 0 Å². The SMILES string of the molecule is CC/C(C)=C(/C=C\C(NC(=O)c1ccccc1NC1CCOCC1C)=C(C)C)OC. The number of anilines is 1. The predicted molar refractivity (Wildman–Crippen MR) is 123 cm³/mol. The number of rotatable bonds is 8. The number of carbonyl (C=O) groups is 1. The van der Waals surface area contributed by atoms with Crippen LogP contribution in [0.3, 0.4) is 0 Å². The van der Waals surface area contributed by atoms with Gasteiger partial charge in [0.15, 0.2) is 0 Å². The number of amides is 1. The Kier molecular flexibility index (Phi) is 9.18. The molecule has 1 aliphatic rings. The third-order valence-electron chi connectivity index (χ3n) is 5.51. The molecule has 2 unspecified atom stereocenters. The van der Waals surface area contributed by atoms with Gasteiger partial charge in [-0.1, -0.05) is 31.6 Å². The molecule has 2 rings (SSSR count). The summed E-state index contributed by atoms with van der Waals surface area (Å²) in [5, 5.41) is 6.63. The first kappa shape index (κ1) is 23.7. The second-order valence-electron chi connectivity index (χ2n) is 8.04. The van der Waals surface area contributed by atoms with Crippen LogP contribution >= 0.6 is 0 Å². The highest BCUT2D eigenvalue weighted by atomic mass is 16.5. The maximum absolute atomic E-state index is 13.1. The molecule has 5 nitrogen and oxygen atoms in total. The van der Waals surface area contributed by atoms with Crippen LogP contribution in [0, 0.1) is 5.92 Å². The first-order valence-electron chi connectivity index (χ1n) is 10.7. The van der Waals surface area contributed by atoms with E-state index in [9.17, 15) is 4.79 Å². The Morgan fingerprint density at radius 1 is 1.23 bits per heavy atom. The van der Waals surface area contributed by atoms with E-state index in [1.807, 2.05) is 57.2 Å². The minimum Gasteiger partial charge on any atom is -0.497 e. The zero-order valence-electron chi connectivity index (χ0n) is 19.2. The molecular formula is C25H36N2O3. The normalized spacial score (nSPS) is 19.8. The number of methoxy groups -OCH3 is 1. The third-order valence-corrected chi connectivity index (χ3v) is 5.51. The minimum absolute atomic E-state index is 0.131. The largest absolute Gasteiger partial charge is 0.497 e. The van der Waals surface area contributed by atoms with Crippen molar-refractivity contribution in [1.29, 1.82) is 0 Å². The number of ether oxygens (including phenoxy) is 2. The van der Waals surface area contributed by atoms with E-state index in [1.165, 1.54) is 0 Å². The zero-order chi connectivity index (χ0) is 22.1. The van der Waals surface area contributed by atoms with Crippen molar-refractivity contribution < 1.29 is 14.3 Å². The van der Waals surface area contributed by atoms with Gasteiger partial charge in [0.25, 0.3) is 5.91 Å². The zero-order valence-corrected chi connectivity index (χ0v) is 19.2. The topological polar surface area (TPSA) is 59.6 Å². The van der Waals surface area contributed by atoms with Gasteiger partial charge in [0.2, 0.25) is 0 Å². The van der Waals surface area contributed by atoms with Gasteiger partial charge in [-0.2, -0.15) is 0 Å². The van der Waals surface area contributed by atoms with Crippen molar-refractivity contribution in [2.45, 2.75) is 53.5 Å². The monoisotopic (exact) mass is 412 g/mol. The molecule has 0 saturated carbocycles. The summed E-state index contributed by atoms with van der Waals surface area (Å²) in [4.78, 5) is 13.1. The van der Waals surface area contributed by atoms with Crippen molar-refractivity contribution in [3.05, 3.63) is 64.6 Å². The van der Waals surface area contributed by atoms with Crippen LogP contribution in [0.2, 0.25) is 0 Å². The van der Waals surface area contributed by atoms with Gasteiger partial charge in [0.05, 0.1) is 19.3 Å². The molecule has 1 fully saturated rings. The van der Waals surface area contributed by atoms with Gasteiger partial charge in [0.1, 0.15) is 5.76 Å². The Labute approximate surface area is 181 Å². The Morgan fingerprint density at radius 2 is 1.97 bits per heavy atom. The van der Waals surface area contributed by atoms with Crippen molar-refractivity contribution in [2.75, 3.05) is 25.6 Å². The van der Waals surface area contributed by atoms with Crippen molar-refractivity contribution >= 4 is 11.6 Å². The number of benzene rings is 1. The van der Waals surface area contributed by atoms with Crippen LogP contribution in [-0.4, -0.2) is 32.3 Å². The van der Waals surface area contributed by atoms with Crippen molar-refractivity contribution in [2.24, 2.45) is 5.92 Å². The second-order valence-corrected chi connectivity index (χ2v) is 8.04. The molecule has 1 heterocycles. The van der Waals surface area contributed by atoms with E-state index in [-0.39, 0.29) is 5.91 Å². The molecule has 1 aliphatic heterocycles. The molecule has 0 bridgehead atoms. The molecule has 1 saturated heterocycles. The van der Waals surface area contributed by atoms with Crippen LogP contribution in [0.15, 0.2) is 59.0 Å². The highest BCUT2D eigenvalue weighted by Crippen LogP contribution is 2.23. The fourth-order valence-electron chi connectivity index (χ4n) is 3.34. The highest BCUT2D eigenvalue weighted by Gasteiger charge is 2.23. The lowest BCUT2D eigenvalue weighted by atomic mass is 9.97. The predicted octanol–water partition coefficient (Wildman–Crippen LogP) is 5.43. The maximum Gasteiger partial charge on any atom is 0.257 e. The molecule has 5 heteroatoms. The van der Waals surface area contributed by atoms with Gasteiger partial charge in [-0.05, 0) is 69.4 Å². The summed E-state index contributed by atoms with van der Waals surface area (Å²) in [6, 6.07) is 7.96. The molecule has 2 N–H and O–H groups in total. The summed E-state index contributed by atoms with van der Waals surface area (Å²) in [6.45, 7) is 11.8. The van der Waals surface area contributed by atoms with E-state index in [0.29, 0.717) is 17.5 Å². The minimum atomic E-state index is -0.131. The average Bonchev–Trinajstić information content (AvgIpc) is 2.74. The third kappa shape index (κ3) is 6.49. The van der Waals surface area contributed by atoms with E-state index in [1.54, 1.807) is 7.11 Å². The number of hydrogen-bond acceptors (Lipinski definition) is 4. The number of nitrogens with one attached hydrogen (secondary N) is 2. The molecule has 0 radical (unpaired) electrons. The summed E-state index contributed by atoms with van der Waals surface area (Å²) in [6.07, 6.45) is 5.66. The van der Waals surface area contributed by atoms with Gasteiger partial charge in [-0.25, -0.2) is 0 Å². The molecule has 1 aromatic rings. The van der Waals surface area contributed by atoms with Crippen LogP contribution < -0.4 is 10.6 Å². The lowest BCUT2D eigenvalue weighted by Gasteiger charge is -2.31. The van der Waals surface area contributed by atoms with Crippen LogP contribution in [-0.2, 0) is 9.47 Å². The summed E-state index contributed by atoms with van der Waals surface area (Å²) in [7, 11) is 1.67. The van der Waals surface area contributed by atoms with E-state index < -0.39 is 0 Å². The molecule has 1 aromatic carbocycles. The Morgan fingerprint density at radius 3 is 2.60 bits per heavy atom. The van der Waals surface area contributed by atoms with Crippen LogP contribution in [0.25, 0.3) is 0 Å². The fraction of sp³-hybridized carbons (Fsp3) is 0.480. The molecule has 1 amide bonds. The Hall–Kier alpha value is -2.53. The molecule has 0 aromatic heterocycles. The number of para-hydroxylation sites is 1. The first-order chi connectivity index (χ1) is 14.4. The second kappa shape index (κ2) is 11.6. The van der Waals surface area contributed by atoms with Crippen LogP contribution in [0.1, 0.15) is 57.8 Å². The van der Waals surface area contributed by atoms with E-state index in [0.717, 1.165) is 54.3 Å². The Balaban J connectivity index is 2.20. The lowest BCUT2D eigenvalue weighted by Crippen LogP contribution is -2.36. The quantitative estimate of drug-likeness (QED) is 0.441. The van der Waals surface area contributed by atoms with Crippen molar-refractivity contribution in [3.63, 3.8) is 0 Å². The van der Waals surface area contributed by atoms with Crippen molar-refractivity contribution in [3.8, 4) is 0 Å². The summed E-state index contributed by atoms with van der Waals surface area (Å²) in [5.74, 6) is 1.09. The van der Waals surface area contributed by atoms with Gasteiger partial charge < -0.3 is 20.1 Å². The summed E-state index contributed by atoms with van der Waals surface area (Å²) >= 11 is 0. The van der Waals surface area contributed by atoms with Gasteiger partial charge in [-0.3, -0.25) is 4.79 Å². The number of allylic oxidation sites excluding steroid dienone is 4. The average molecular weight is 413 g/mol. The van der Waals surface area contributed by atoms with E-state index >= 15 is 0 Å². The molecule has 164 valence electrons. The van der Waals surface area contributed by atoms with E-state index in [4.69, 9.17) is 9.47 Å². The molecule has 0 aliphatic carbocycles. The summed E-state index contributed by atoms with van der Waals surface area (Å²) < 4.78 is 11.0. The van der Waals surface area contributed by atoms with Gasteiger partial charge in [-0.15, -0.1) is 0 Å². The van der Waals surface area contributed by atoms with Crippen LogP contribution in [0.4, 0.5) is 5.69 Å². The first-order valence-corrected chi connectivity index (χ1v) is 10.7. The Bertz CT molecular complexity index is 819. The summed E-state index contributed by atoms with van der Waals surface area (Å²) in [5.41, 5.74) is 4.44. The maximum atomic E-state index is 13.1. The smallest absolute Gasteiger partial charge is 0.257 e. The van der Waals surface area contributed by atoms with Gasteiger partial charge in [0, 0.05) is 24.0 Å². The number of hydrogen-bond donors (Lipinski definition) is 2. The fourth-order valence-corrected chi connectivity index (χ4v) is 3.34. The lowest BCUT2D eigenvalue weighted by molar-refractivity contribution is 0.0537. The molecule has 0 spiro atoms. The molecule has 2 atom stereocenters. The standard InChI is InChI=1S/C25H36N2O3/c1-7-18(4)24(29-6)13-12-21(17(2)3)27-25(28)20-10-8-9-11-23(20)26-22-14-15-30-16-19(22)5/h8-13,19,22,26H,7,14-16H2,1-6H3,(H,27,28)/b13-12-,24-18-.